The van der Waals surface area contributed by atoms with Gasteiger partial charge in [0.05, 0.1) is 32.8 Å². The quantitative estimate of drug-likeness (QED) is 0.114. The van der Waals surface area contributed by atoms with Gasteiger partial charge in [-0.25, -0.2) is 0 Å². The summed E-state index contributed by atoms with van der Waals surface area (Å²) < 4.78 is 16.1. The number of methoxy groups -OCH3 is 3. The molecule has 0 radical (unpaired) electrons. The van der Waals surface area contributed by atoms with E-state index in [0.717, 1.165) is 10.5 Å². The molecule has 11 heteroatoms. The molecule has 0 aromatic heterocycles. The van der Waals surface area contributed by atoms with Gasteiger partial charge in [0.15, 0.2) is 0 Å². The van der Waals surface area contributed by atoms with E-state index in [1.807, 2.05) is 6.92 Å². The van der Waals surface area contributed by atoms with Crippen LogP contribution in [0.25, 0.3) is 6.08 Å². The van der Waals surface area contributed by atoms with E-state index >= 15 is 0 Å². The average Bonchev–Trinajstić information content (AvgIpc) is 3.06. The van der Waals surface area contributed by atoms with Gasteiger partial charge in [-0.2, -0.15) is 0 Å². The summed E-state index contributed by atoms with van der Waals surface area (Å²) in [4.78, 5) is 39.9. The predicted octanol–water partition coefficient (Wildman–Crippen LogP) is 6.81. The number of anilines is 2. The van der Waals surface area contributed by atoms with Crippen molar-refractivity contribution in [2.75, 3.05) is 37.7 Å². The van der Waals surface area contributed by atoms with Gasteiger partial charge in [0.25, 0.3) is 11.8 Å². The van der Waals surface area contributed by atoms with Crippen molar-refractivity contribution in [3.05, 3.63) is 112 Å². The number of hydrogen-bond donors (Lipinski definition) is 3. The normalized spacial score (nSPS) is 10.9. The molecule has 0 aliphatic rings. The van der Waals surface area contributed by atoms with E-state index in [1.54, 1.807) is 92.0 Å². The number of ether oxygens (including phenoxy) is 3. The van der Waals surface area contributed by atoms with Crippen molar-refractivity contribution in [2.24, 2.45) is 0 Å². The number of halogens is 1. The van der Waals surface area contributed by atoms with E-state index in [1.165, 1.54) is 32.1 Å². The fraction of sp³-hybridized carbons (Fsp3) is 0.147. The van der Waals surface area contributed by atoms with Crippen molar-refractivity contribution in [1.29, 1.82) is 0 Å². The van der Waals surface area contributed by atoms with Crippen molar-refractivity contribution < 1.29 is 28.6 Å². The summed E-state index contributed by atoms with van der Waals surface area (Å²) in [6.45, 7) is 1.85. The van der Waals surface area contributed by atoms with Crippen LogP contribution in [0.1, 0.15) is 21.5 Å². The number of carbonyl (C=O) groups is 3. The van der Waals surface area contributed by atoms with Crippen LogP contribution in [-0.2, 0) is 9.59 Å². The maximum atomic E-state index is 13.4. The van der Waals surface area contributed by atoms with Crippen LogP contribution in [0.15, 0.2) is 95.5 Å². The Kier molecular flexibility index (Phi) is 11.5. The van der Waals surface area contributed by atoms with Crippen LogP contribution in [0.4, 0.5) is 11.4 Å². The fourth-order valence-corrected chi connectivity index (χ4v) is 4.99. The first-order valence-corrected chi connectivity index (χ1v) is 15.1. The van der Waals surface area contributed by atoms with Gasteiger partial charge in [0, 0.05) is 38.9 Å². The van der Waals surface area contributed by atoms with Crippen LogP contribution in [0.5, 0.6) is 17.2 Å². The summed E-state index contributed by atoms with van der Waals surface area (Å²) in [5, 5.41) is 8.95. The molecule has 232 valence electrons. The number of aryl methyl sites for hydroxylation is 1. The van der Waals surface area contributed by atoms with Crippen LogP contribution in [0, 0.1) is 6.92 Å². The lowest BCUT2D eigenvalue weighted by atomic mass is 10.1. The first-order chi connectivity index (χ1) is 21.7. The Morgan fingerprint density at radius 1 is 0.822 bits per heavy atom. The summed E-state index contributed by atoms with van der Waals surface area (Å²) in [7, 11) is 4.56. The maximum Gasteiger partial charge on any atom is 0.272 e. The highest BCUT2D eigenvalue weighted by Crippen LogP contribution is 2.31. The van der Waals surface area contributed by atoms with Crippen molar-refractivity contribution in [3.8, 4) is 17.2 Å². The summed E-state index contributed by atoms with van der Waals surface area (Å²) in [5.41, 5.74) is 2.82. The molecule has 0 aliphatic heterocycles. The Morgan fingerprint density at radius 2 is 1.53 bits per heavy atom. The molecular weight excluding hydrogens is 614 g/mol. The molecule has 45 heavy (non-hydrogen) atoms. The van der Waals surface area contributed by atoms with Crippen molar-refractivity contribution >= 4 is 58.5 Å². The lowest BCUT2D eigenvalue weighted by Crippen LogP contribution is -2.30. The molecule has 4 aromatic carbocycles. The number of benzene rings is 4. The second-order valence-electron chi connectivity index (χ2n) is 9.60. The highest BCUT2D eigenvalue weighted by Gasteiger charge is 2.17. The zero-order valence-electron chi connectivity index (χ0n) is 25.1. The van der Waals surface area contributed by atoms with E-state index in [9.17, 15) is 14.4 Å². The monoisotopic (exact) mass is 645 g/mol. The highest BCUT2D eigenvalue weighted by molar-refractivity contribution is 8.00. The first kappa shape index (κ1) is 33.0. The summed E-state index contributed by atoms with van der Waals surface area (Å²) >= 11 is 7.49. The Labute approximate surface area is 270 Å². The Bertz CT molecular complexity index is 1710. The number of nitrogens with one attached hydrogen (secondary N) is 3. The molecule has 3 amide bonds. The molecule has 4 aromatic rings. The minimum Gasteiger partial charge on any atom is -0.497 e. The SMILES string of the molecule is COc1ccc(/C=C(\NC(=O)c2ccccc2)C(=O)Nc2ccc(SCC(=O)Nc3cc(C)c(Cl)cc3OC)cc2)c(OC)c1. The summed E-state index contributed by atoms with van der Waals surface area (Å²) in [6, 6.07) is 24.2. The van der Waals surface area contributed by atoms with E-state index in [2.05, 4.69) is 16.0 Å². The topological polar surface area (TPSA) is 115 Å². The standard InChI is InChI=1S/C34H32ClN3O6S/c1-21-16-28(31(44-4)19-27(21)35)37-32(39)20-45-26-14-11-24(12-15-26)36-34(41)29(38-33(40)22-8-6-5-7-9-22)17-23-10-13-25(42-2)18-30(23)43-3/h5-19H,20H2,1-4H3,(H,36,41)(H,37,39)(H,38,40)/b29-17-. The zero-order chi connectivity index (χ0) is 32.3. The van der Waals surface area contributed by atoms with Gasteiger partial charge in [0.2, 0.25) is 5.91 Å². The van der Waals surface area contributed by atoms with Crippen LogP contribution >= 0.6 is 23.4 Å². The third kappa shape index (κ3) is 9.04. The molecule has 0 saturated heterocycles. The molecule has 3 N–H and O–H groups in total. The Balaban J connectivity index is 1.45. The van der Waals surface area contributed by atoms with Gasteiger partial charge in [-0.05, 0) is 73.2 Å². The van der Waals surface area contributed by atoms with Gasteiger partial charge < -0.3 is 30.2 Å². The van der Waals surface area contributed by atoms with Gasteiger partial charge >= 0.3 is 0 Å². The molecule has 0 atom stereocenters. The number of amides is 3. The van der Waals surface area contributed by atoms with E-state index in [0.29, 0.717) is 44.8 Å². The fourth-order valence-electron chi connectivity index (χ4n) is 4.13. The van der Waals surface area contributed by atoms with Gasteiger partial charge in [-0.1, -0.05) is 29.8 Å². The van der Waals surface area contributed by atoms with E-state index in [-0.39, 0.29) is 17.4 Å². The van der Waals surface area contributed by atoms with E-state index < -0.39 is 11.8 Å². The second kappa shape index (κ2) is 15.7. The lowest BCUT2D eigenvalue weighted by Gasteiger charge is -2.13. The second-order valence-corrected chi connectivity index (χ2v) is 11.1. The Hall–Kier alpha value is -4.93. The minimum atomic E-state index is -0.538. The van der Waals surface area contributed by atoms with Crippen LogP contribution in [0.2, 0.25) is 5.02 Å². The third-order valence-corrected chi connectivity index (χ3v) is 7.93. The highest BCUT2D eigenvalue weighted by atomic mass is 35.5. The minimum absolute atomic E-state index is 0.00954. The van der Waals surface area contributed by atoms with Gasteiger partial charge in [0.1, 0.15) is 22.9 Å². The largest absolute Gasteiger partial charge is 0.497 e. The number of carbonyl (C=O) groups excluding carboxylic acids is 3. The molecule has 4 rings (SSSR count). The summed E-state index contributed by atoms with van der Waals surface area (Å²) in [6.07, 6.45) is 1.54. The molecule has 0 heterocycles. The smallest absolute Gasteiger partial charge is 0.272 e. The predicted molar refractivity (Wildman–Crippen MR) is 179 cm³/mol. The number of rotatable bonds is 12. The molecule has 0 aliphatic carbocycles. The van der Waals surface area contributed by atoms with Gasteiger partial charge in [-0.15, -0.1) is 11.8 Å². The molecule has 0 saturated carbocycles. The maximum absolute atomic E-state index is 13.4. The Morgan fingerprint density at radius 3 is 2.20 bits per heavy atom. The van der Waals surface area contributed by atoms with Crippen LogP contribution < -0.4 is 30.2 Å². The van der Waals surface area contributed by atoms with Crippen LogP contribution in [-0.4, -0.2) is 44.8 Å². The van der Waals surface area contributed by atoms with E-state index in [4.69, 9.17) is 25.8 Å². The number of hydrogen-bond acceptors (Lipinski definition) is 7. The molecule has 0 spiro atoms. The first-order valence-electron chi connectivity index (χ1n) is 13.7. The van der Waals surface area contributed by atoms with Crippen molar-refractivity contribution in [3.63, 3.8) is 0 Å². The third-order valence-electron chi connectivity index (χ3n) is 6.51. The molecule has 9 nitrogen and oxygen atoms in total. The molecular formula is C34H32ClN3O6S. The van der Waals surface area contributed by atoms with Crippen LogP contribution in [0.3, 0.4) is 0 Å². The van der Waals surface area contributed by atoms with Crippen molar-refractivity contribution in [1.82, 2.24) is 5.32 Å². The zero-order valence-corrected chi connectivity index (χ0v) is 26.7. The van der Waals surface area contributed by atoms with Gasteiger partial charge in [-0.3, -0.25) is 14.4 Å². The molecule has 0 unspecified atom stereocenters. The average molecular weight is 646 g/mol. The molecule has 0 bridgehead atoms. The molecule has 0 fully saturated rings. The lowest BCUT2D eigenvalue weighted by molar-refractivity contribution is -0.114. The number of thioether (sulfide) groups is 1. The van der Waals surface area contributed by atoms with Crippen molar-refractivity contribution in [2.45, 2.75) is 11.8 Å². The summed E-state index contributed by atoms with van der Waals surface area (Å²) in [5.74, 6) is 0.476.